The molecule has 11 heteroatoms. The van der Waals surface area contributed by atoms with Crippen molar-refractivity contribution in [2.24, 2.45) is 7.05 Å². The minimum atomic E-state index is -3.95. The Morgan fingerprint density at radius 2 is 2.09 bits per heavy atom. The number of amides is 1. The van der Waals surface area contributed by atoms with Crippen LogP contribution in [0.4, 0.5) is 0 Å². The lowest BCUT2D eigenvalue weighted by molar-refractivity contribution is -0.124. The summed E-state index contributed by atoms with van der Waals surface area (Å²) in [7, 11) is -2.37. The summed E-state index contributed by atoms with van der Waals surface area (Å²) in [6.07, 6.45) is 2.89. The molecule has 0 bridgehead atoms. The van der Waals surface area contributed by atoms with Gasteiger partial charge < -0.3 is 19.6 Å². The highest BCUT2D eigenvalue weighted by Gasteiger charge is 2.40. The number of rotatable bonds is 8. The summed E-state index contributed by atoms with van der Waals surface area (Å²) in [5.74, 6) is -0.181. The molecule has 0 saturated carbocycles. The van der Waals surface area contributed by atoms with Gasteiger partial charge in [-0.1, -0.05) is 12.1 Å². The minimum Gasteiger partial charge on any atom is -0.461 e. The average Bonchev–Trinajstić information content (AvgIpc) is 3.51. The molecule has 0 spiro atoms. The molecule has 2 N–H and O–H groups in total. The van der Waals surface area contributed by atoms with Crippen LogP contribution in [0.15, 0.2) is 41.4 Å². The maximum absolute atomic E-state index is 13.3. The first kappa shape index (κ1) is 23.0. The summed E-state index contributed by atoms with van der Waals surface area (Å²) in [6.45, 7) is 2.45. The van der Waals surface area contributed by atoms with Gasteiger partial charge in [0.15, 0.2) is 0 Å². The van der Waals surface area contributed by atoms with Crippen LogP contribution in [0.25, 0.3) is 11.0 Å². The average molecular weight is 474 g/mol. The second kappa shape index (κ2) is 9.36. The van der Waals surface area contributed by atoms with Crippen molar-refractivity contribution in [1.29, 1.82) is 0 Å². The number of nitrogens with zero attached hydrogens (tertiary/aromatic N) is 3. The summed E-state index contributed by atoms with van der Waals surface area (Å²) < 4.78 is 34.1. The lowest BCUT2D eigenvalue weighted by atomic mass is 10.2. The molecule has 1 atom stereocenters. The lowest BCUT2D eigenvalue weighted by Gasteiger charge is -2.22. The van der Waals surface area contributed by atoms with Crippen LogP contribution in [-0.2, 0) is 33.0 Å². The molecular weight excluding hydrogens is 446 g/mol. The van der Waals surface area contributed by atoms with E-state index in [2.05, 4.69) is 15.3 Å². The number of aromatic amines is 1. The molecule has 1 saturated heterocycles. The van der Waals surface area contributed by atoms with Gasteiger partial charge in [0.05, 0.1) is 17.6 Å². The number of hydrogen-bond donors (Lipinski definition) is 2. The van der Waals surface area contributed by atoms with Crippen molar-refractivity contribution in [3.63, 3.8) is 0 Å². The quantitative estimate of drug-likeness (QED) is 0.479. The molecule has 0 unspecified atom stereocenters. The molecule has 33 heavy (non-hydrogen) atoms. The highest BCUT2D eigenvalue weighted by Crippen LogP contribution is 2.27. The van der Waals surface area contributed by atoms with E-state index in [1.54, 1.807) is 14.0 Å². The fourth-order valence-corrected chi connectivity index (χ4v) is 5.78. The Hall–Kier alpha value is -3.18. The smallest absolute Gasteiger partial charge is 0.354 e. The van der Waals surface area contributed by atoms with E-state index in [-0.39, 0.29) is 29.6 Å². The second-order valence-electron chi connectivity index (χ2n) is 7.91. The number of ether oxygens (including phenoxy) is 1. The van der Waals surface area contributed by atoms with Gasteiger partial charge in [0.25, 0.3) is 0 Å². The standard InChI is InChI=1S/C22H27N5O5S/c1-3-32-22(29)19-13-15(14-26(19)2)33(30,31)27-12-6-9-18(27)21(28)23-11-10-20-24-16-7-4-5-8-17(16)25-20/h4-5,7-8,13-14,18H,3,6,9-12H2,1-2H3,(H,23,28)(H,24,25)/t18-/m0/s1. The van der Waals surface area contributed by atoms with Crippen LogP contribution < -0.4 is 5.32 Å². The van der Waals surface area contributed by atoms with Gasteiger partial charge in [-0.15, -0.1) is 0 Å². The molecule has 0 radical (unpaired) electrons. The Labute approximate surface area is 192 Å². The number of fused-ring (bicyclic) bond motifs is 1. The van der Waals surface area contributed by atoms with E-state index in [1.165, 1.54) is 21.1 Å². The predicted octanol–water partition coefficient (Wildman–Crippen LogP) is 1.59. The van der Waals surface area contributed by atoms with E-state index >= 15 is 0 Å². The van der Waals surface area contributed by atoms with Crippen LogP contribution in [0, 0.1) is 0 Å². The number of aryl methyl sites for hydroxylation is 1. The Morgan fingerprint density at radius 3 is 2.85 bits per heavy atom. The number of hydrogen-bond acceptors (Lipinski definition) is 6. The predicted molar refractivity (Wildman–Crippen MR) is 121 cm³/mol. The van der Waals surface area contributed by atoms with Crippen LogP contribution in [0.5, 0.6) is 0 Å². The molecule has 1 fully saturated rings. The zero-order valence-electron chi connectivity index (χ0n) is 18.6. The molecule has 1 aliphatic heterocycles. The summed E-state index contributed by atoms with van der Waals surface area (Å²) in [5.41, 5.74) is 1.93. The van der Waals surface area contributed by atoms with Gasteiger partial charge in [-0.2, -0.15) is 4.31 Å². The van der Waals surface area contributed by atoms with Gasteiger partial charge in [-0.05, 0) is 38.0 Å². The molecule has 1 aliphatic rings. The monoisotopic (exact) mass is 473 g/mol. The number of carbonyl (C=O) groups is 2. The highest BCUT2D eigenvalue weighted by molar-refractivity contribution is 7.89. The van der Waals surface area contributed by atoms with Crippen LogP contribution in [0.2, 0.25) is 0 Å². The summed E-state index contributed by atoms with van der Waals surface area (Å²) in [6, 6.07) is 8.17. The third kappa shape index (κ3) is 4.64. The number of imidazole rings is 1. The van der Waals surface area contributed by atoms with Crippen molar-refractivity contribution in [2.45, 2.75) is 37.1 Å². The summed E-state index contributed by atoms with van der Waals surface area (Å²) in [4.78, 5) is 32.6. The Morgan fingerprint density at radius 1 is 1.30 bits per heavy atom. The molecule has 3 heterocycles. The first-order chi connectivity index (χ1) is 15.8. The molecule has 1 aromatic carbocycles. The van der Waals surface area contributed by atoms with Crippen molar-refractivity contribution in [1.82, 2.24) is 24.2 Å². The lowest BCUT2D eigenvalue weighted by Crippen LogP contribution is -2.46. The third-order valence-corrected chi connectivity index (χ3v) is 7.55. The molecule has 1 amide bonds. The summed E-state index contributed by atoms with van der Waals surface area (Å²) >= 11 is 0. The maximum atomic E-state index is 13.3. The maximum Gasteiger partial charge on any atom is 0.354 e. The van der Waals surface area contributed by atoms with E-state index in [4.69, 9.17) is 4.74 Å². The van der Waals surface area contributed by atoms with Gasteiger partial charge in [-0.25, -0.2) is 18.2 Å². The topological polar surface area (TPSA) is 126 Å². The molecule has 3 aromatic rings. The number of H-pyrrole nitrogens is 1. The van der Waals surface area contributed by atoms with Crippen molar-refractivity contribution in [2.75, 3.05) is 19.7 Å². The fraction of sp³-hybridized carbons (Fsp3) is 0.409. The molecular formula is C22H27N5O5S. The van der Waals surface area contributed by atoms with Crippen molar-refractivity contribution in [3.05, 3.63) is 48.0 Å². The fourth-order valence-electron chi connectivity index (χ4n) is 4.05. The van der Waals surface area contributed by atoms with E-state index in [0.29, 0.717) is 25.8 Å². The van der Waals surface area contributed by atoms with Crippen LogP contribution in [0.1, 0.15) is 36.1 Å². The van der Waals surface area contributed by atoms with Gasteiger partial charge in [0, 0.05) is 32.8 Å². The number of para-hydroxylation sites is 2. The first-order valence-electron chi connectivity index (χ1n) is 10.9. The second-order valence-corrected chi connectivity index (χ2v) is 9.80. The van der Waals surface area contributed by atoms with Gasteiger partial charge in [0.2, 0.25) is 15.9 Å². The largest absolute Gasteiger partial charge is 0.461 e. The minimum absolute atomic E-state index is 0.0324. The number of carbonyl (C=O) groups excluding carboxylic acids is 2. The molecule has 0 aliphatic carbocycles. The van der Waals surface area contributed by atoms with Crippen LogP contribution >= 0.6 is 0 Å². The zero-order chi connectivity index (χ0) is 23.6. The normalized spacial score (nSPS) is 16.8. The number of aromatic nitrogens is 3. The number of nitrogens with one attached hydrogen (secondary N) is 2. The molecule has 2 aromatic heterocycles. The first-order valence-corrected chi connectivity index (χ1v) is 12.3. The molecule has 4 rings (SSSR count). The van der Waals surface area contributed by atoms with Gasteiger partial charge in [-0.3, -0.25) is 4.79 Å². The van der Waals surface area contributed by atoms with Crippen LogP contribution in [-0.4, -0.2) is 64.9 Å². The van der Waals surface area contributed by atoms with Crippen molar-refractivity contribution in [3.8, 4) is 0 Å². The van der Waals surface area contributed by atoms with Crippen LogP contribution in [0.3, 0.4) is 0 Å². The van der Waals surface area contributed by atoms with Crippen molar-refractivity contribution >= 4 is 32.9 Å². The number of benzene rings is 1. The molecule has 176 valence electrons. The van der Waals surface area contributed by atoms with E-state index < -0.39 is 22.0 Å². The Balaban J connectivity index is 1.42. The third-order valence-electron chi connectivity index (χ3n) is 5.68. The van der Waals surface area contributed by atoms with Crippen molar-refractivity contribution < 1.29 is 22.7 Å². The number of sulfonamides is 1. The molecule has 10 nitrogen and oxygen atoms in total. The van der Waals surface area contributed by atoms with E-state index in [9.17, 15) is 18.0 Å². The van der Waals surface area contributed by atoms with Gasteiger partial charge >= 0.3 is 5.97 Å². The van der Waals surface area contributed by atoms with E-state index in [1.807, 2.05) is 24.3 Å². The van der Waals surface area contributed by atoms with Gasteiger partial charge in [0.1, 0.15) is 22.5 Å². The van der Waals surface area contributed by atoms with E-state index in [0.717, 1.165) is 16.9 Å². The number of esters is 1. The SMILES string of the molecule is CCOC(=O)c1cc(S(=O)(=O)N2CCC[C@H]2C(=O)NCCc2nc3ccccc3[nH]2)cn1C. The summed E-state index contributed by atoms with van der Waals surface area (Å²) in [5, 5.41) is 2.84. The Kier molecular flexibility index (Phi) is 6.52. The zero-order valence-corrected chi connectivity index (χ0v) is 19.4. The Bertz CT molecular complexity index is 1250. The highest BCUT2D eigenvalue weighted by atomic mass is 32.2.